The van der Waals surface area contributed by atoms with Gasteiger partial charge in [0.15, 0.2) is 6.10 Å². The summed E-state index contributed by atoms with van der Waals surface area (Å²) in [5.41, 5.74) is 0.451. The van der Waals surface area contributed by atoms with Gasteiger partial charge in [0, 0.05) is 19.2 Å². The van der Waals surface area contributed by atoms with Crippen molar-refractivity contribution in [2.24, 2.45) is 5.92 Å². The fourth-order valence-electron chi connectivity index (χ4n) is 3.38. The summed E-state index contributed by atoms with van der Waals surface area (Å²) in [7, 11) is -3.99. The first-order valence-corrected chi connectivity index (χ1v) is 11.9. The molecule has 1 unspecified atom stereocenters. The molecule has 172 valence electrons. The third kappa shape index (κ3) is 7.95. The van der Waals surface area contributed by atoms with E-state index in [0.717, 1.165) is 12.8 Å². The number of nitrogens with one attached hydrogen (secondary N) is 3. The van der Waals surface area contributed by atoms with Crippen LogP contribution in [0.5, 0.6) is 0 Å². The number of sulfonamides is 1. The maximum atomic E-state index is 12.5. The lowest BCUT2D eigenvalue weighted by Crippen LogP contribution is -2.44. The molecule has 1 aliphatic carbocycles. The van der Waals surface area contributed by atoms with Gasteiger partial charge in [-0.1, -0.05) is 19.3 Å². The number of hydrogen-bond acceptors (Lipinski definition) is 6. The number of rotatable bonds is 9. The van der Waals surface area contributed by atoms with Gasteiger partial charge in [-0.15, -0.1) is 0 Å². The molecule has 0 spiro atoms. The molecular weight excluding hydrogens is 422 g/mol. The second-order valence-corrected chi connectivity index (χ2v) is 9.59. The molecule has 0 saturated heterocycles. The van der Waals surface area contributed by atoms with Gasteiger partial charge >= 0.3 is 5.97 Å². The predicted octanol–water partition coefficient (Wildman–Crippen LogP) is 1.94. The average Bonchev–Trinajstić information content (AvgIpc) is 2.72. The van der Waals surface area contributed by atoms with Gasteiger partial charge in [-0.25, -0.2) is 8.42 Å². The Balaban J connectivity index is 1.85. The van der Waals surface area contributed by atoms with Crippen molar-refractivity contribution < 1.29 is 27.5 Å². The number of benzene rings is 1. The number of hydrogen-bond donors (Lipinski definition) is 3. The highest BCUT2D eigenvalue weighted by molar-refractivity contribution is 7.89. The molecule has 1 fully saturated rings. The molecule has 2 atom stereocenters. The summed E-state index contributed by atoms with van der Waals surface area (Å²) in [5, 5.41) is 5.34. The largest absolute Gasteiger partial charge is 0.451 e. The monoisotopic (exact) mass is 453 g/mol. The van der Waals surface area contributed by atoms with Crippen LogP contribution in [0.15, 0.2) is 29.2 Å². The zero-order chi connectivity index (χ0) is 23.0. The summed E-state index contributed by atoms with van der Waals surface area (Å²) < 4.78 is 32.4. The smallest absolute Gasteiger partial charge is 0.324 e. The first-order valence-electron chi connectivity index (χ1n) is 10.5. The molecule has 3 N–H and O–H groups in total. The number of carbonyl (C=O) groups excluding carboxylic acids is 3. The highest BCUT2D eigenvalue weighted by atomic mass is 32.2. The molecule has 1 aromatic rings. The first kappa shape index (κ1) is 24.8. The second kappa shape index (κ2) is 11.2. The Morgan fingerprint density at radius 2 is 1.68 bits per heavy atom. The summed E-state index contributed by atoms with van der Waals surface area (Å²) in [4.78, 5) is 35.5. The van der Waals surface area contributed by atoms with Gasteiger partial charge in [0.05, 0.1) is 4.90 Å². The third-order valence-electron chi connectivity index (χ3n) is 5.12. The highest BCUT2D eigenvalue weighted by Crippen LogP contribution is 2.22. The lowest BCUT2D eigenvalue weighted by atomic mass is 9.89. The summed E-state index contributed by atoms with van der Waals surface area (Å²) in [5.74, 6) is -1.08. The van der Waals surface area contributed by atoms with E-state index in [9.17, 15) is 22.8 Å². The van der Waals surface area contributed by atoms with Crippen LogP contribution >= 0.6 is 0 Å². The van der Waals surface area contributed by atoms with Crippen LogP contribution < -0.4 is 15.4 Å². The van der Waals surface area contributed by atoms with E-state index in [4.69, 9.17) is 4.74 Å². The van der Waals surface area contributed by atoms with Crippen molar-refractivity contribution in [1.82, 2.24) is 10.0 Å². The Labute approximate surface area is 183 Å². The van der Waals surface area contributed by atoms with Gasteiger partial charge in [-0.2, -0.15) is 4.72 Å². The predicted molar refractivity (Wildman–Crippen MR) is 116 cm³/mol. The summed E-state index contributed by atoms with van der Waals surface area (Å²) in [6.07, 6.45) is 4.70. The van der Waals surface area contributed by atoms with E-state index in [1.54, 1.807) is 0 Å². The van der Waals surface area contributed by atoms with Crippen LogP contribution in [-0.4, -0.2) is 44.9 Å². The fourth-order valence-corrected chi connectivity index (χ4v) is 4.57. The molecule has 1 aromatic carbocycles. The lowest BCUT2D eigenvalue weighted by molar-refractivity contribution is -0.156. The van der Waals surface area contributed by atoms with Crippen LogP contribution in [0.3, 0.4) is 0 Å². The fraction of sp³-hybridized carbons (Fsp3) is 0.571. The Hall–Kier alpha value is -2.46. The molecule has 0 aromatic heterocycles. The molecule has 31 heavy (non-hydrogen) atoms. The van der Waals surface area contributed by atoms with E-state index in [1.807, 2.05) is 0 Å². The molecule has 0 aliphatic heterocycles. The summed E-state index contributed by atoms with van der Waals surface area (Å²) in [6, 6.07) is 4.32. The SMILES string of the molecule is CC(=O)Nc1ccc(S(=O)(=O)N[C@@H](C)C(=O)OC(C)C(=O)NCC2CCCCC2)cc1. The number of amides is 2. The standard InChI is InChI=1S/C21H31N3O6S/c1-14(24-31(28,29)19-11-9-18(10-12-19)23-16(3)25)21(27)30-15(2)20(26)22-13-17-7-5-4-6-8-17/h9-12,14-15,17,24H,4-8,13H2,1-3H3,(H,22,26)(H,23,25)/t14-,15?/m0/s1. The number of esters is 1. The quantitative estimate of drug-likeness (QED) is 0.490. The molecule has 1 aliphatic rings. The maximum Gasteiger partial charge on any atom is 0.324 e. The minimum Gasteiger partial charge on any atom is -0.451 e. The van der Waals surface area contributed by atoms with E-state index in [-0.39, 0.29) is 10.8 Å². The Bertz CT molecular complexity index is 879. The van der Waals surface area contributed by atoms with Gasteiger partial charge in [-0.3, -0.25) is 14.4 Å². The van der Waals surface area contributed by atoms with Crippen molar-refractivity contribution in [3.05, 3.63) is 24.3 Å². The third-order valence-corrected chi connectivity index (χ3v) is 6.68. The van der Waals surface area contributed by atoms with Crippen molar-refractivity contribution in [2.45, 2.75) is 69.9 Å². The molecule has 0 heterocycles. The van der Waals surface area contributed by atoms with Crippen molar-refractivity contribution in [3.63, 3.8) is 0 Å². The molecule has 1 saturated carbocycles. The molecule has 2 amide bonds. The Morgan fingerprint density at radius 3 is 2.26 bits per heavy atom. The number of anilines is 1. The molecule has 2 rings (SSSR count). The van der Waals surface area contributed by atoms with Crippen LogP contribution in [0.25, 0.3) is 0 Å². The van der Waals surface area contributed by atoms with E-state index in [0.29, 0.717) is 18.2 Å². The van der Waals surface area contributed by atoms with Crippen LogP contribution in [-0.2, 0) is 29.1 Å². The minimum atomic E-state index is -3.99. The average molecular weight is 454 g/mol. The van der Waals surface area contributed by atoms with E-state index < -0.39 is 34.0 Å². The van der Waals surface area contributed by atoms with E-state index in [1.165, 1.54) is 64.3 Å². The zero-order valence-corrected chi connectivity index (χ0v) is 19.0. The van der Waals surface area contributed by atoms with E-state index >= 15 is 0 Å². The van der Waals surface area contributed by atoms with Gasteiger partial charge in [0.1, 0.15) is 6.04 Å². The Morgan fingerprint density at radius 1 is 1.06 bits per heavy atom. The van der Waals surface area contributed by atoms with Crippen LogP contribution in [0.1, 0.15) is 52.9 Å². The number of ether oxygens (including phenoxy) is 1. The molecule has 10 heteroatoms. The van der Waals surface area contributed by atoms with Crippen molar-refractivity contribution in [1.29, 1.82) is 0 Å². The minimum absolute atomic E-state index is 0.0699. The topological polar surface area (TPSA) is 131 Å². The van der Waals surface area contributed by atoms with Crippen LogP contribution in [0, 0.1) is 5.92 Å². The Kier molecular flexibility index (Phi) is 9.00. The zero-order valence-electron chi connectivity index (χ0n) is 18.1. The van der Waals surface area contributed by atoms with Gasteiger partial charge in [0.2, 0.25) is 15.9 Å². The van der Waals surface area contributed by atoms with Crippen LogP contribution in [0.4, 0.5) is 5.69 Å². The van der Waals surface area contributed by atoms with E-state index in [2.05, 4.69) is 15.4 Å². The normalized spacial score (nSPS) is 16.7. The van der Waals surface area contributed by atoms with Gasteiger partial charge in [0.25, 0.3) is 5.91 Å². The van der Waals surface area contributed by atoms with Gasteiger partial charge < -0.3 is 15.4 Å². The molecule has 9 nitrogen and oxygen atoms in total. The van der Waals surface area contributed by atoms with Crippen molar-refractivity contribution >= 4 is 33.5 Å². The molecule has 0 bridgehead atoms. The lowest BCUT2D eigenvalue weighted by Gasteiger charge is -2.23. The molecule has 0 radical (unpaired) electrons. The number of carbonyl (C=O) groups is 3. The summed E-state index contributed by atoms with van der Waals surface area (Å²) >= 11 is 0. The van der Waals surface area contributed by atoms with Gasteiger partial charge in [-0.05, 0) is 56.9 Å². The van der Waals surface area contributed by atoms with Crippen LogP contribution in [0.2, 0.25) is 0 Å². The summed E-state index contributed by atoms with van der Waals surface area (Å²) in [6.45, 7) is 4.70. The second-order valence-electron chi connectivity index (χ2n) is 7.88. The molecular formula is C21H31N3O6S. The maximum absolute atomic E-state index is 12.5. The highest BCUT2D eigenvalue weighted by Gasteiger charge is 2.27. The first-order chi connectivity index (χ1) is 14.6. The van der Waals surface area contributed by atoms with Crippen molar-refractivity contribution in [2.75, 3.05) is 11.9 Å². The van der Waals surface area contributed by atoms with Crippen molar-refractivity contribution in [3.8, 4) is 0 Å².